The summed E-state index contributed by atoms with van der Waals surface area (Å²) < 4.78 is 0. The van der Waals surface area contributed by atoms with Crippen LogP contribution in [0.5, 0.6) is 0 Å². The van der Waals surface area contributed by atoms with Crippen molar-refractivity contribution >= 4 is 23.1 Å². The number of anilines is 3. The van der Waals surface area contributed by atoms with Crippen LogP contribution in [0.25, 0.3) is 0 Å². The quantitative estimate of drug-likeness (QED) is 0.338. The van der Waals surface area contributed by atoms with Gasteiger partial charge in [0.15, 0.2) is 11.6 Å². The molecule has 0 bridgehead atoms. The summed E-state index contributed by atoms with van der Waals surface area (Å²) in [6.07, 6.45) is 1.88. The zero-order valence-electron chi connectivity index (χ0n) is 18.3. The van der Waals surface area contributed by atoms with Crippen molar-refractivity contribution in [3.8, 4) is 0 Å². The van der Waals surface area contributed by atoms with Crippen molar-refractivity contribution in [2.75, 3.05) is 21.7 Å². The molecule has 2 amide bonds. The van der Waals surface area contributed by atoms with E-state index in [1.165, 1.54) is 0 Å². The van der Waals surface area contributed by atoms with E-state index in [2.05, 4.69) is 56.8 Å². The van der Waals surface area contributed by atoms with E-state index in [1.54, 1.807) is 0 Å². The summed E-state index contributed by atoms with van der Waals surface area (Å²) in [6.45, 7) is 3.12. The Morgan fingerprint density at radius 1 is 0.941 bits per heavy atom. The Morgan fingerprint density at radius 3 is 2.38 bits per heavy atom. The van der Waals surface area contributed by atoms with E-state index in [4.69, 9.17) is 0 Å². The second-order valence-corrected chi connectivity index (χ2v) is 7.73. The first-order valence-corrected chi connectivity index (χ1v) is 10.5. The maximum Gasteiger partial charge on any atom is 0.323 e. The Balaban J connectivity index is 1.45. The van der Waals surface area contributed by atoms with Gasteiger partial charge >= 0.3 is 6.03 Å². The molecule has 0 radical (unpaired) electrons. The molecule has 0 spiro atoms. The van der Waals surface area contributed by atoms with Gasteiger partial charge in [-0.25, -0.2) is 4.79 Å². The van der Waals surface area contributed by atoms with Crippen LogP contribution in [0.2, 0.25) is 0 Å². The van der Waals surface area contributed by atoms with Crippen molar-refractivity contribution in [2.45, 2.75) is 20.0 Å². The molecule has 1 aliphatic rings. The van der Waals surface area contributed by atoms with Crippen LogP contribution in [0.15, 0.2) is 60.4 Å². The van der Waals surface area contributed by atoms with Crippen LogP contribution >= 0.6 is 0 Å². The number of aryl methyl sites for hydroxylation is 1. The molecule has 1 aliphatic heterocycles. The number of H-pyrrole nitrogens is 2. The van der Waals surface area contributed by atoms with Gasteiger partial charge in [0.05, 0.1) is 36.7 Å². The zero-order valence-corrected chi connectivity index (χ0v) is 18.3. The van der Waals surface area contributed by atoms with Gasteiger partial charge in [0.1, 0.15) is 0 Å². The molecule has 172 valence electrons. The Labute approximate surface area is 194 Å². The molecule has 5 rings (SSSR count). The first-order chi connectivity index (χ1) is 16.6. The Bertz CT molecular complexity index is 1280. The SMILES string of the molecule is Cc1cccc(NC(=O)NC2=CN(Cc3nn[nH]n3)c3ccccc3N(Cc3nn[nH]n3)C2)c1. The molecule has 2 aromatic heterocycles. The zero-order chi connectivity index (χ0) is 23.3. The molecular formula is C21H22N12O. The van der Waals surface area contributed by atoms with Gasteiger partial charge in [-0.2, -0.15) is 10.4 Å². The lowest BCUT2D eigenvalue weighted by molar-refractivity contribution is 0.254. The minimum Gasteiger partial charge on any atom is -0.356 e. The normalized spacial score (nSPS) is 13.1. The predicted octanol–water partition coefficient (Wildman–Crippen LogP) is 1.71. The van der Waals surface area contributed by atoms with Crippen LogP contribution in [-0.4, -0.2) is 53.8 Å². The number of tetrazole rings is 2. The van der Waals surface area contributed by atoms with Gasteiger partial charge < -0.3 is 20.4 Å². The van der Waals surface area contributed by atoms with Crippen molar-refractivity contribution in [1.82, 2.24) is 46.6 Å². The fraction of sp³-hybridized carbons (Fsp3) is 0.190. The summed E-state index contributed by atoms with van der Waals surface area (Å²) in [4.78, 5) is 16.9. The van der Waals surface area contributed by atoms with Crippen molar-refractivity contribution in [3.63, 3.8) is 0 Å². The number of aromatic amines is 2. The van der Waals surface area contributed by atoms with Crippen LogP contribution in [0, 0.1) is 6.92 Å². The molecule has 13 nitrogen and oxygen atoms in total. The Hall–Kier alpha value is -4.81. The summed E-state index contributed by atoms with van der Waals surface area (Å²) in [5.74, 6) is 1.05. The van der Waals surface area contributed by atoms with E-state index >= 15 is 0 Å². The Kier molecular flexibility index (Phi) is 5.80. The first kappa shape index (κ1) is 21.1. The number of amides is 2. The lowest BCUT2D eigenvalue weighted by atomic mass is 10.2. The van der Waals surface area contributed by atoms with E-state index in [-0.39, 0.29) is 6.03 Å². The van der Waals surface area contributed by atoms with Crippen molar-refractivity contribution < 1.29 is 4.79 Å². The van der Waals surface area contributed by atoms with Crippen LogP contribution in [0.1, 0.15) is 17.2 Å². The summed E-state index contributed by atoms with van der Waals surface area (Å²) in [5, 5.41) is 34.5. The molecule has 13 heteroatoms. The lowest BCUT2D eigenvalue weighted by Crippen LogP contribution is -2.35. The molecule has 2 aromatic carbocycles. The van der Waals surface area contributed by atoms with E-state index in [0.29, 0.717) is 42.7 Å². The van der Waals surface area contributed by atoms with Gasteiger partial charge in [0.2, 0.25) is 0 Å². The number of carbonyl (C=O) groups excluding carboxylic acids is 1. The van der Waals surface area contributed by atoms with Crippen molar-refractivity contribution in [1.29, 1.82) is 0 Å². The molecule has 4 N–H and O–H groups in total. The minimum absolute atomic E-state index is 0.346. The van der Waals surface area contributed by atoms with Crippen molar-refractivity contribution in [3.05, 3.63) is 77.6 Å². The number of carbonyl (C=O) groups is 1. The fourth-order valence-electron chi connectivity index (χ4n) is 3.76. The maximum absolute atomic E-state index is 12.8. The third-order valence-corrected chi connectivity index (χ3v) is 5.18. The number of nitrogens with zero attached hydrogens (tertiary/aromatic N) is 8. The molecular weight excluding hydrogens is 436 g/mol. The lowest BCUT2D eigenvalue weighted by Gasteiger charge is -2.26. The smallest absolute Gasteiger partial charge is 0.323 e. The third-order valence-electron chi connectivity index (χ3n) is 5.18. The second kappa shape index (κ2) is 9.36. The molecule has 0 atom stereocenters. The average Bonchev–Trinajstić information content (AvgIpc) is 3.50. The molecule has 4 aromatic rings. The number of urea groups is 1. The summed E-state index contributed by atoms with van der Waals surface area (Å²) in [5.41, 5.74) is 4.27. The molecule has 0 saturated carbocycles. The highest BCUT2D eigenvalue weighted by atomic mass is 16.2. The van der Waals surface area contributed by atoms with E-state index < -0.39 is 0 Å². The topological polar surface area (TPSA) is 157 Å². The van der Waals surface area contributed by atoms with Gasteiger partial charge in [-0.3, -0.25) is 0 Å². The Morgan fingerprint density at radius 2 is 1.68 bits per heavy atom. The largest absolute Gasteiger partial charge is 0.356 e. The van der Waals surface area contributed by atoms with Gasteiger partial charge in [-0.1, -0.05) is 34.7 Å². The minimum atomic E-state index is -0.346. The standard InChI is InChI=1S/C21H22N12O/c1-14-5-4-6-15(9-14)22-21(34)23-16-10-32(12-19-24-28-29-25-19)17-7-2-3-8-18(17)33(11-16)13-20-26-30-31-27-20/h2-10H,11-13H2,1H3,(H2,22,23,34)(H,24,25,28,29)(H,26,27,30,31). The van der Waals surface area contributed by atoms with Gasteiger partial charge in [-0.15, -0.1) is 20.4 Å². The van der Waals surface area contributed by atoms with Gasteiger partial charge in [0.25, 0.3) is 0 Å². The number of nitrogens with one attached hydrogen (secondary N) is 4. The van der Waals surface area contributed by atoms with Crippen LogP contribution in [-0.2, 0) is 13.1 Å². The van der Waals surface area contributed by atoms with Gasteiger partial charge in [0, 0.05) is 11.9 Å². The van der Waals surface area contributed by atoms with Gasteiger partial charge in [-0.05, 0) is 36.8 Å². The highest BCUT2D eigenvalue weighted by Gasteiger charge is 2.24. The number of rotatable bonds is 6. The summed E-state index contributed by atoms with van der Waals surface area (Å²) in [6, 6.07) is 15.2. The molecule has 3 heterocycles. The number of benzene rings is 2. The number of aromatic nitrogens is 8. The first-order valence-electron chi connectivity index (χ1n) is 10.5. The van der Waals surface area contributed by atoms with Crippen molar-refractivity contribution in [2.24, 2.45) is 0 Å². The molecule has 0 unspecified atom stereocenters. The number of hydrogen-bond donors (Lipinski definition) is 4. The summed E-state index contributed by atoms with van der Waals surface area (Å²) >= 11 is 0. The molecule has 0 aliphatic carbocycles. The highest BCUT2D eigenvalue weighted by Crippen LogP contribution is 2.34. The summed E-state index contributed by atoms with van der Waals surface area (Å²) in [7, 11) is 0. The van der Waals surface area contributed by atoms with Crippen LogP contribution < -0.4 is 20.4 Å². The van der Waals surface area contributed by atoms with E-state index in [9.17, 15) is 4.79 Å². The molecule has 34 heavy (non-hydrogen) atoms. The average molecular weight is 458 g/mol. The molecule has 0 fully saturated rings. The van der Waals surface area contributed by atoms with E-state index in [1.807, 2.05) is 66.6 Å². The number of hydrogen-bond acceptors (Lipinski definition) is 9. The highest BCUT2D eigenvalue weighted by molar-refractivity contribution is 5.90. The number of para-hydroxylation sites is 2. The van der Waals surface area contributed by atoms with E-state index in [0.717, 1.165) is 16.9 Å². The fourth-order valence-corrected chi connectivity index (χ4v) is 3.76. The number of fused-ring (bicyclic) bond motifs is 1. The van der Waals surface area contributed by atoms with Crippen LogP contribution in [0.3, 0.4) is 0 Å². The maximum atomic E-state index is 12.8. The third kappa shape index (κ3) is 4.82. The predicted molar refractivity (Wildman–Crippen MR) is 123 cm³/mol. The second-order valence-electron chi connectivity index (χ2n) is 7.73. The van der Waals surface area contributed by atoms with Crippen LogP contribution in [0.4, 0.5) is 21.9 Å². The molecule has 0 saturated heterocycles. The monoisotopic (exact) mass is 458 g/mol.